The smallest absolute Gasteiger partial charge is 0.376 e. The second kappa shape index (κ2) is 5.30. The summed E-state index contributed by atoms with van der Waals surface area (Å²) in [6, 6.07) is 9.17. The minimum Gasteiger partial charge on any atom is -0.475 e. The topological polar surface area (TPSA) is 67.5 Å². The molecular formula is C14H9FO4. The lowest BCUT2D eigenvalue weighted by atomic mass is 10.1. The maximum atomic E-state index is 13.5. The molecule has 4 nitrogen and oxygen atoms in total. The van der Waals surface area contributed by atoms with Gasteiger partial charge < -0.3 is 9.52 Å². The quantitative estimate of drug-likeness (QED) is 0.678. The van der Waals surface area contributed by atoms with Crippen molar-refractivity contribution in [2.24, 2.45) is 0 Å². The third-order valence-electron chi connectivity index (χ3n) is 2.38. The van der Waals surface area contributed by atoms with Gasteiger partial charge in [-0.15, -0.1) is 0 Å². The number of rotatable bonds is 4. The lowest BCUT2D eigenvalue weighted by molar-refractivity contribution is -0.146. The second-order valence-corrected chi connectivity index (χ2v) is 3.68. The van der Waals surface area contributed by atoms with Crippen molar-refractivity contribution in [1.82, 2.24) is 0 Å². The number of hydrogen-bond acceptors (Lipinski definition) is 3. The van der Waals surface area contributed by atoms with Gasteiger partial charge in [0.2, 0.25) is 0 Å². The summed E-state index contributed by atoms with van der Waals surface area (Å²) in [5.74, 6) is -2.44. The molecule has 0 fully saturated rings. The minimum atomic E-state index is -1.54. The van der Waals surface area contributed by atoms with Gasteiger partial charge >= 0.3 is 5.97 Å². The van der Waals surface area contributed by atoms with E-state index >= 15 is 0 Å². The summed E-state index contributed by atoms with van der Waals surface area (Å²) in [5.41, 5.74) is 0.298. The number of carbonyl (C=O) groups excluding carboxylic acids is 1. The molecule has 0 unspecified atom stereocenters. The highest BCUT2D eigenvalue weighted by Crippen LogP contribution is 2.25. The number of ketones is 1. The van der Waals surface area contributed by atoms with Gasteiger partial charge in [0.25, 0.3) is 5.78 Å². The molecule has 1 N–H and O–H groups in total. The Morgan fingerprint density at radius 3 is 2.58 bits per heavy atom. The summed E-state index contributed by atoms with van der Waals surface area (Å²) in [5, 5.41) is 8.40. The SMILES string of the molecule is O=C(O)C(=O)/C=C/c1ccc(-c2ccccc2F)o1. The Kier molecular flexibility index (Phi) is 3.56. The van der Waals surface area contributed by atoms with Crippen LogP contribution in [0.1, 0.15) is 5.76 Å². The van der Waals surface area contributed by atoms with Gasteiger partial charge in [0.05, 0.1) is 5.56 Å². The fraction of sp³-hybridized carbons (Fsp3) is 0. The molecule has 0 spiro atoms. The molecule has 0 saturated carbocycles. The van der Waals surface area contributed by atoms with Gasteiger partial charge in [-0.3, -0.25) is 4.79 Å². The number of halogens is 1. The molecule has 1 aromatic heterocycles. The molecule has 0 saturated heterocycles. The van der Waals surface area contributed by atoms with E-state index in [0.717, 1.165) is 6.08 Å². The highest BCUT2D eigenvalue weighted by atomic mass is 19.1. The molecule has 96 valence electrons. The number of furan rings is 1. The van der Waals surface area contributed by atoms with Gasteiger partial charge in [-0.05, 0) is 36.4 Å². The van der Waals surface area contributed by atoms with Crippen molar-refractivity contribution < 1.29 is 23.5 Å². The number of carboxylic acids is 1. The number of aliphatic carboxylic acids is 1. The van der Waals surface area contributed by atoms with Crippen LogP contribution in [0, 0.1) is 5.82 Å². The van der Waals surface area contributed by atoms with E-state index in [-0.39, 0.29) is 5.76 Å². The first-order valence-electron chi connectivity index (χ1n) is 5.38. The standard InChI is InChI=1S/C14H9FO4/c15-11-4-2-1-3-10(11)13-8-6-9(19-13)5-7-12(16)14(17)18/h1-8H,(H,17,18)/b7-5+. The summed E-state index contributed by atoms with van der Waals surface area (Å²) in [6.45, 7) is 0. The average Bonchev–Trinajstić information content (AvgIpc) is 2.85. The molecule has 0 aliphatic rings. The van der Waals surface area contributed by atoms with Gasteiger partial charge in [-0.25, -0.2) is 9.18 Å². The molecule has 5 heteroatoms. The third-order valence-corrected chi connectivity index (χ3v) is 2.38. The van der Waals surface area contributed by atoms with E-state index in [1.54, 1.807) is 24.3 Å². The Morgan fingerprint density at radius 2 is 1.89 bits per heavy atom. The Balaban J connectivity index is 2.23. The van der Waals surface area contributed by atoms with Crippen molar-refractivity contribution in [1.29, 1.82) is 0 Å². The van der Waals surface area contributed by atoms with Crippen LogP contribution in [0.4, 0.5) is 4.39 Å². The van der Waals surface area contributed by atoms with E-state index in [9.17, 15) is 14.0 Å². The molecule has 0 amide bonds. The Bertz CT molecular complexity index is 655. The number of benzene rings is 1. The average molecular weight is 260 g/mol. The molecule has 2 rings (SSSR count). The van der Waals surface area contributed by atoms with Crippen molar-refractivity contribution in [3.8, 4) is 11.3 Å². The maximum Gasteiger partial charge on any atom is 0.376 e. The predicted molar refractivity (Wildman–Crippen MR) is 65.8 cm³/mol. The van der Waals surface area contributed by atoms with Gasteiger partial charge in [-0.1, -0.05) is 12.1 Å². The molecule has 0 aliphatic carbocycles. The Hall–Kier alpha value is -2.69. The van der Waals surface area contributed by atoms with Crippen LogP contribution in [-0.4, -0.2) is 16.9 Å². The van der Waals surface area contributed by atoms with Gasteiger partial charge in [-0.2, -0.15) is 0 Å². The summed E-state index contributed by atoms with van der Waals surface area (Å²) in [4.78, 5) is 21.2. The zero-order chi connectivity index (χ0) is 13.8. The largest absolute Gasteiger partial charge is 0.475 e. The molecule has 0 radical (unpaired) electrons. The van der Waals surface area contributed by atoms with Crippen LogP contribution in [0.2, 0.25) is 0 Å². The summed E-state index contributed by atoms with van der Waals surface area (Å²) >= 11 is 0. The lowest BCUT2D eigenvalue weighted by Crippen LogP contribution is -2.08. The van der Waals surface area contributed by atoms with Crippen LogP contribution in [0.15, 0.2) is 46.9 Å². The van der Waals surface area contributed by atoms with Crippen LogP contribution in [0.25, 0.3) is 17.4 Å². The molecule has 0 aliphatic heterocycles. The summed E-state index contributed by atoms with van der Waals surface area (Å²) in [6.07, 6.45) is 2.10. The monoisotopic (exact) mass is 260 g/mol. The number of carboxylic acid groups (broad SMARTS) is 1. The van der Waals surface area contributed by atoms with Crippen LogP contribution >= 0.6 is 0 Å². The molecule has 0 atom stereocenters. The summed E-state index contributed by atoms with van der Waals surface area (Å²) in [7, 11) is 0. The van der Waals surface area contributed by atoms with Crippen molar-refractivity contribution in [3.63, 3.8) is 0 Å². The maximum absolute atomic E-state index is 13.5. The molecule has 2 aromatic rings. The van der Waals surface area contributed by atoms with E-state index in [4.69, 9.17) is 9.52 Å². The third kappa shape index (κ3) is 2.95. The molecule has 0 bridgehead atoms. The first kappa shape index (κ1) is 12.8. The number of hydrogen-bond donors (Lipinski definition) is 1. The van der Waals surface area contributed by atoms with Crippen molar-refractivity contribution in [2.75, 3.05) is 0 Å². The molecule has 1 aromatic carbocycles. The summed E-state index contributed by atoms with van der Waals surface area (Å²) < 4.78 is 18.8. The van der Waals surface area contributed by atoms with E-state index in [2.05, 4.69) is 0 Å². The van der Waals surface area contributed by atoms with Crippen molar-refractivity contribution >= 4 is 17.8 Å². The minimum absolute atomic E-state index is 0.271. The fourth-order valence-corrected chi connectivity index (χ4v) is 1.48. The van der Waals surface area contributed by atoms with Crippen molar-refractivity contribution in [2.45, 2.75) is 0 Å². The van der Waals surface area contributed by atoms with E-state index in [1.807, 2.05) is 0 Å². The van der Waals surface area contributed by atoms with Crippen LogP contribution in [0.3, 0.4) is 0 Å². The lowest BCUT2D eigenvalue weighted by Gasteiger charge is -1.97. The van der Waals surface area contributed by atoms with Gasteiger partial charge in [0.1, 0.15) is 17.3 Å². The zero-order valence-electron chi connectivity index (χ0n) is 9.67. The Labute approximate surface area is 107 Å². The normalized spacial score (nSPS) is 10.8. The van der Waals surface area contributed by atoms with Crippen LogP contribution < -0.4 is 0 Å². The molecular weight excluding hydrogens is 251 g/mol. The first-order chi connectivity index (χ1) is 9.08. The second-order valence-electron chi connectivity index (χ2n) is 3.68. The van der Waals surface area contributed by atoms with Gasteiger partial charge in [0.15, 0.2) is 0 Å². The highest BCUT2D eigenvalue weighted by molar-refractivity contribution is 6.38. The molecule has 1 heterocycles. The highest BCUT2D eigenvalue weighted by Gasteiger charge is 2.09. The van der Waals surface area contributed by atoms with E-state index < -0.39 is 17.6 Å². The van der Waals surface area contributed by atoms with E-state index in [1.165, 1.54) is 18.2 Å². The Morgan fingerprint density at radius 1 is 1.16 bits per heavy atom. The van der Waals surface area contributed by atoms with Crippen LogP contribution in [-0.2, 0) is 9.59 Å². The fourth-order valence-electron chi connectivity index (χ4n) is 1.48. The van der Waals surface area contributed by atoms with E-state index in [0.29, 0.717) is 11.3 Å². The van der Waals surface area contributed by atoms with Crippen LogP contribution in [0.5, 0.6) is 0 Å². The molecule has 19 heavy (non-hydrogen) atoms. The van der Waals surface area contributed by atoms with Gasteiger partial charge in [0, 0.05) is 0 Å². The first-order valence-corrected chi connectivity index (χ1v) is 5.38. The zero-order valence-corrected chi connectivity index (χ0v) is 9.67. The predicted octanol–water partition coefficient (Wildman–Crippen LogP) is 2.75. The number of carbonyl (C=O) groups is 2. The van der Waals surface area contributed by atoms with Crippen molar-refractivity contribution in [3.05, 3.63) is 54.1 Å².